The molecular formula is C15H11NO3. The highest BCUT2D eigenvalue weighted by Gasteiger charge is 2.27. The molecule has 4 heteroatoms. The number of nitrogens with zero attached hydrogens (tertiary/aromatic N) is 1. The van der Waals surface area contributed by atoms with E-state index >= 15 is 0 Å². The van der Waals surface area contributed by atoms with Crippen LogP contribution in [0.25, 0.3) is 11.1 Å². The van der Waals surface area contributed by atoms with E-state index in [0.717, 1.165) is 16.7 Å². The van der Waals surface area contributed by atoms with Crippen LogP contribution < -0.4 is 0 Å². The molecule has 0 saturated heterocycles. The van der Waals surface area contributed by atoms with Gasteiger partial charge in [-0.2, -0.15) is 0 Å². The number of Topliss-reactive ketones (excluding diaryl/α,β-unsaturated/α-hetero) is 1. The molecule has 0 heterocycles. The van der Waals surface area contributed by atoms with Crippen LogP contribution in [0.3, 0.4) is 0 Å². The van der Waals surface area contributed by atoms with Gasteiger partial charge in [-0.25, -0.2) is 0 Å². The zero-order chi connectivity index (χ0) is 13.4. The Morgan fingerprint density at radius 2 is 1.68 bits per heavy atom. The van der Waals surface area contributed by atoms with Crippen molar-refractivity contribution >= 4 is 11.5 Å². The van der Waals surface area contributed by atoms with Crippen molar-refractivity contribution in [1.29, 1.82) is 0 Å². The van der Waals surface area contributed by atoms with Crippen molar-refractivity contribution in [1.82, 2.24) is 0 Å². The molecule has 0 spiro atoms. The van der Waals surface area contributed by atoms with Crippen molar-refractivity contribution in [3.05, 3.63) is 53.6 Å². The van der Waals surface area contributed by atoms with Crippen LogP contribution in [-0.2, 0) is 6.42 Å². The number of benzene rings is 2. The molecule has 0 aliphatic heterocycles. The van der Waals surface area contributed by atoms with Gasteiger partial charge in [0.25, 0.3) is 0 Å². The molecule has 2 N–H and O–H groups in total. The van der Waals surface area contributed by atoms with Gasteiger partial charge >= 0.3 is 0 Å². The topological polar surface area (TPSA) is 69.9 Å². The average molecular weight is 253 g/mol. The van der Waals surface area contributed by atoms with Gasteiger partial charge in [0, 0.05) is 12.0 Å². The minimum absolute atomic E-state index is 0.179. The highest BCUT2D eigenvalue weighted by molar-refractivity contribution is 6.49. The number of carbonyl (C=O) groups excluding carboxylic acids is 1. The molecule has 0 radical (unpaired) electrons. The number of rotatable bonds is 1. The van der Waals surface area contributed by atoms with Gasteiger partial charge in [-0.3, -0.25) is 4.79 Å². The number of aromatic hydroxyl groups is 1. The number of hydrogen-bond donors (Lipinski definition) is 2. The van der Waals surface area contributed by atoms with Crippen molar-refractivity contribution in [3.8, 4) is 16.9 Å². The Labute approximate surface area is 109 Å². The Hall–Kier alpha value is -2.62. The Bertz CT molecular complexity index is 687. The van der Waals surface area contributed by atoms with Gasteiger partial charge in [0.15, 0.2) is 0 Å². The largest absolute Gasteiger partial charge is 0.508 e. The summed E-state index contributed by atoms with van der Waals surface area (Å²) in [6.07, 6.45) is 0.376. The van der Waals surface area contributed by atoms with Crippen molar-refractivity contribution in [2.24, 2.45) is 5.16 Å². The predicted molar refractivity (Wildman–Crippen MR) is 70.8 cm³/mol. The van der Waals surface area contributed by atoms with E-state index in [1.165, 1.54) is 0 Å². The molecule has 3 rings (SSSR count). The molecule has 1 aliphatic rings. The molecule has 19 heavy (non-hydrogen) atoms. The molecule has 94 valence electrons. The van der Waals surface area contributed by atoms with Crippen molar-refractivity contribution in [2.45, 2.75) is 6.42 Å². The van der Waals surface area contributed by atoms with E-state index in [-0.39, 0.29) is 17.2 Å². The third-order valence-corrected chi connectivity index (χ3v) is 3.30. The summed E-state index contributed by atoms with van der Waals surface area (Å²) in [5.74, 6) is -0.0196. The summed E-state index contributed by atoms with van der Waals surface area (Å²) in [6, 6.07) is 12.4. The molecular weight excluding hydrogens is 242 g/mol. The van der Waals surface area contributed by atoms with Gasteiger partial charge in [0.2, 0.25) is 5.78 Å². The molecule has 0 amide bonds. The average Bonchev–Trinajstić information content (AvgIpc) is 2.76. The van der Waals surface area contributed by atoms with Gasteiger partial charge in [-0.15, -0.1) is 0 Å². The Balaban J connectivity index is 2.06. The van der Waals surface area contributed by atoms with Crippen LogP contribution in [-0.4, -0.2) is 21.8 Å². The number of ketones is 1. The van der Waals surface area contributed by atoms with E-state index in [1.54, 1.807) is 30.3 Å². The van der Waals surface area contributed by atoms with Crippen LogP contribution in [0.5, 0.6) is 5.75 Å². The second-order valence-corrected chi connectivity index (χ2v) is 4.47. The van der Waals surface area contributed by atoms with Gasteiger partial charge in [0.1, 0.15) is 11.5 Å². The molecule has 0 unspecified atom stereocenters. The van der Waals surface area contributed by atoms with Crippen molar-refractivity contribution in [3.63, 3.8) is 0 Å². The Morgan fingerprint density at radius 3 is 2.37 bits per heavy atom. The van der Waals surface area contributed by atoms with E-state index in [0.29, 0.717) is 12.0 Å². The minimum Gasteiger partial charge on any atom is -0.508 e. The number of hydrogen-bond acceptors (Lipinski definition) is 4. The summed E-state index contributed by atoms with van der Waals surface area (Å²) in [4.78, 5) is 11.9. The SMILES string of the molecule is O=C1/C(=N\O)Cc2ccc(-c3ccc(O)cc3)cc21. The van der Waals surface area contributed by atoms with Gasteiger partial charge < -0.3 is 10.3 Å². The monoisotopic (exact) mass is 253 g/mol. The lowest BCUT2D eigenvalue weighted by molar-refractivity contribution is 0.106. The Kier molecular flexibility index (Phi) is 2.56. The fraction of sp³-hybridized carbons (Fsp3) is 0.0667. The van der Waals surface area contributed by atoms with Crippen molar-refractivity contribution < 1.29 is 15.1 Å². The molecule has 2 aromatic rings. The maximum Gasteiger partial charge on any atom is 0.211 e. The molecule has 0 bridgehead atoms. The number of fused-ring (bicyclic) bond motifs is 1. The molecule has 2 aromatic carbocycles. The first-order chi connectivity index (χ1) is 9.19. The van der Waals surface area contributed by atoms with Gasteiger partial charge in [-0.1, -0.05) is 29.4 Å². The maximum atomic E-state index is 11.9. The number of phenols is 1. The summed E-state index contributed by atoms with van der Waals surface area (Å²) >= 11 is 0. The van der Waals surface area contributed by atoms with Gasteiger partial charge in [0.05, 0.1) is 0 Å². The number of carbonyl (C=O) groups is 1. The van der Waals surface area contributed by atoms with Crippen LogP contribution in [0.1, 0.15) is 15.9 Å². The highest BCUT2D eigenvalue weighted by atomic mass is 16.4. The second kappa shape index (κ2) is 4.24. The zero-order valence-electron chi connectivity index (χ0n) is 10.00. The second-order valence-electron chi connectivity index (χ2n) is 4.47. The third-order valence-electron chi connectivity index (χ3n) is 3.30. The first kappa shape index (κ1) is 11.5. The molecule has 0 fully saturated rings. The lowest BCUT2D eigenvalue weighted by Gasteiger charge is -2.04. The molecule has 0 saturated carbocycles. The van der Waals surface area contributed by atoms with Crippen molar-refractivity contribution in [2.75, 3.05) is 0 Å². The summed E-state index contributed by atoms with van der Waals surface area (Å²) in [5.41, 5.74) is 3.45. The maximum absolute atomic E-state index is 11.9. The molecule has 0 aromatic heterocycles. The van der Waals surface area contributed by atoms with Crippen LogP contribution in [0, 0.1) is 0 Å². The first-order valence-electron chi connectivity index (χ1n) is 5.87. The van der Waals surface area contributed by atoms with E-state index < -0.39 is 0 Å². The van der Waals surface area contributed by atoms with E-state index in [1.807, 2.05) is 12.1 Å². The van der Waals surface area contributed by atoms with Crippen LogP contribution in [0.2, 0.25) is 0 Å². The standard InChI is InChI=1S/C15H11NO3/c17-12-5-3-9(4-6-12)10-1-2-11-8-14(16-19)15(18)13(11)7-10/h1-7,17,19H,8H2/b16-14-. The minimum atomic E-state index is -0.224. The van der Waals surface area contributed by atoms with Crippen LogP contribution in [0.15, 0.2) is 47.6 Å². The smallest absolute Gasteiger partial charge is 0.211 e. The Morgan fingerprint density at radius 1 is 1.00 bits per heavy atom. The third kappa shape index (κ3) is 1.87. The zero-order valence-corrected chi connectivity index (χ0v) is 10.00. The summed E-state index contributed by atoms with van der Waals surface area (Å²) < 4.78 is 0. The fourth-order valence-electron chi connectivity index (χ4n) is 2.27. The summed E-state index contributed by atoms with van der Waals surface area (Å²) in [6.45, 7) is 0. The molecule has 0 atom stereocenters. The van der Waals surface area contributed by atoms with E-state index in [9.17, 15) is 9.90 Å². The lowest BCUT2D eigenvalue weighted by atomic mass is 10.0. The predicted octanol–water partition coefficient (Wildman–Crippen LogP) is 2.63. The van der Waals surface area contributed by atoms with Crippen LogP contribution >= 0.6 is 0 Å². The molecule has 4 nitrogen and oxygen atoms in total. The lowest BCUT2D eigenvalue weighted by Crippen LogP contribution is -2.06. The molecule has 1 aliphatic carbocycles. The van der Waals surface area contributed by atoms with E-state index in [2.05, 4.69) is 5.16 Å². The normalized spacial score (nSPS) is 15.8. The first-order valence-corrected chi connectivity index (χ1v) is 5.87. The number of phenolic OH excluding ortho intramolecular Hbond substituents is 1. The fourth-order valence-corrected chi connectivity index (χ4v) is 2.27. The highest BCUT2D eigenvalue weighted by Crippen LogP contribution is 2.28. The van der Waals surface area contributed by atoms with Gasteiger partial charge in [-0.05, 0) is 34.9 Å². The van der Waals surface area contributed by atoms with Crippen LogP contribution in [0.4, 0.5) is 0 Å². The van der Waals surface area contributed by atoms with E-state index in [4.69, 9.17) is 5.21 Å². The summed E-state index contributed by atoms with van der Waals surface area (Å²) in [5, 5.41) is 21.1. The quantitative estimate of drug-likeness (QED) is 0.606. The number of oxime groups is 1. The summed E-state index contributed by atoms with van der Waals surface area (Å²) in [7, 11) is 0.